The normalized spacial score (nSPS) is 14.1. The van der Waals surface area contributed by atoms with E-state index in [-0.39, 0.29) is 11.1 Å². The van der Waals surface area contributed by atoms with Crippen LogP contribution in [0.25, 0.3) is 11.3 Å². The third-order valence-corrected chi connectivity index (χ3v) is 4.36. The lowest BCUT2D eigenvalue weighted by molar-refractivity contribution is -0.138. The van der Waals surface area contributed by atoms with Gasteiger partial charge in [-0.2, -0.15) is 13.2 Å². The van der Waals surface area contributed by atoms with Gasteiger partial charge in [0.05, 0.1) is 12.1 Å². The molecule has 1 unspecified atom stereocenters. The molecule has 0 saturated heterocycles. The molecule has 8 nitrogen and oxygen atoms in total. The number of fused-ring (bicyclic) bond motifs is 1. The number of aliphatic hydroxyl groups excluding tert-OH is 1. The van der Waals surface area contributed by atoms with E-state index >= 15 is 0 Å². The van der Waals surface area contributed by atoms with E-state index in [2.05, 4.69) is 0 Å². The van der Waals surface area contributed by atoms with Gasteiger partial charge in [-0.3, -0.25) is 18.9 Å². The zero-order valence-corrected chi connectivity index (χ0v) is 14.6. The van der Waals surface area contributed by atoms with Gasteiger partial charge in [-0.25, -0.2) is 4.68 Å². The second kappa shape index (κ2) is 7.09. The second-order valence-corrected chi connectivity index (χ2v) is 6.16. The molecule has 3 rings (SSSR count). The average Bonchev–Trinajstić information content (AvgIpc) is 3.14. The molecule has 0 fully saturated rings. The Morgan fingerprint density at radius 3 is 2.38 bits per heavy atom. The van der Waals surface area contributed by atoms with E-state index in [0.717, 1.165) is 15.3 Å². The molecule has 0 aliphatic rings. The summed E-state index contributed by atoms with van der Waals surface area (Å²) in [6.07, 6.45) is -3.40. The first-order valence-corrected chi connectivity index (χ1v) is 8.15. The lowest BCUT2D eigenvalue weighted by atomic mass is 10.1. The Morgan fingerprint density at radius 1 is 1.10 bits per heavy atom. The van der Waals surface area contributed by atoms with Crippen molar-refractivity contribution < 1.29 is 28.2 Å². The van der Waals surface area contributed by atoms with Gasteiger partial charge in [0.25, 0.3) is 5.56 Å². The van der Waals surface area contributed by atoms with Crippen molar-refractivity contribution in [2.24, 2.45) is 5.73 Å². The predicted octanol–water partition coefficient (Wildman–Crippen LogP) is 0.325. The molecule has 0 amide bonds. The van der Waals surface area contributed by atoms with Crippen LogP contribution in [0.5, 0.6) is 0 Å². The predicted molar refractivity (Wildman–Crippen MR) is 95.3 cm³/mol. The third kappa shape index (κ3) is 3.47. The van der Waals surface area contributed by atoms with Gasteiger partial charge in [-0.1, -0.05) is 18.2 Å². The van der Waals surface area contributed by atoms with Gasteiger partial charge in [0.1, 0.15) is 16.5 Å². The highest BCUT2D eigenvalue weighted by Crippen LogP contribution is 2.32. The lowest BCUT2D eigenvalue weighted by Crippen LogP contribution is -2.51. The van der Waals surface area contributed by atoms with Gasteiger partial charge in [0.15, 0.2) is 6.04 Å². The molecule has 2 aromatic heterocycles. The molecular formula is C18H14F3N3O5. The molecule has 0 radical (unpaired) electrons. The molecule has 1 atom stereocenters. The molecule has 1 aromatic carbocycles. The number of hydrogen-bond acceptors (Lipinski definition) is 5. The lowest BCUT2D eigenvalue weighted by Gasteiger charge is -2.15. The third-order valence-electron chi connectivity index (χ3n) is 4.36. The molecule has 0 aliphatic heterocycles. The zero-order valence-electron chi connectivity index (χ0n) is 14.6. The topological polar surface area (TPSA) is 127 Å². The number of aliphatic carboxylic acids is 1. The second-order valence-electron chi connectivity index (χ2n) is 6.16. The van der Waals surface area contributed by atoms with Gasteiger partial charge in [0, 0.05) is 6.20 Å². The molecule has 3 aromatic rings. The van der Waals surface area contributed by atoms with Crippen LogP contribution in [0.15, 0.2) is 52.2 Å². The first-order valence-electron chi connectivity index (χ1n) is 8.15. The maximum Gasteiger partial charge on any atom is 0.416 e. The van der Waals surface area contributed by atoms with Crippen molar-refractivity contribution in [2.45, 2.75) is 18.8 Å². The number of halogens is 3. The van der Waals surface area contributed by atoms with Crippen LogP contribution in [0, 0.1) is 0 Å². The fourth-order valence-corrected chi connectivity index (χ4v) is 2.96. The van der Waals surface area contributed by atoms with Crippen molar-refractivity contribution in [3.05, 3.63) is 79.5 Å². The Balaban J connectivity index is 2.36. The highest BCUT2D eigenvalue weighted by Gasteiger charge is 2.33. The van der Waals surface area contributed by atoms with Gasteiger partial charge in [-0.15, -0.1) is 0 Å². The quantitative estimate of drug-likeness (QED) is 0.570. The van der Waals surface area contributed by atoms with Crippen LogP contribution < -0.4 is 21.9 Å². The fraction of sp³-hybridized carbons (Fsp3) is 0.167. The van der Waals surface area contributed by atoms with Crippen molar-refractivity contribution in [3.8, 4) is 0 Å². The molecule has 0 spiro atoms. The number of benzene rings is 1. The smallest absolute Gasteiger partial charge is 0.416 e. The summed E-state index contributed by atoms with van der Waals surface area (Å²) < 4.78 is 41.7. The molecule has 0 aliphatic carbocycles. The molecule has 0 saturated carbocycles. The van der Waals surface area contributed by atoms with Crippen LogP contribution in [-0.2, 0) is 17.5 Å². The molecule has 152 valence electrons. The minimum absolute atomic E-state index is 0.145. The number of nitrogens with zero attached hydrogens (tertiary/aromatic N) is 2. The van der Waals surface area contributed by atoms with Crippen LogP contribution in [0.3, 0.4) is 0 Å². The first-order chi connectivity index (χ1) is 13.5. The Kier molecular flexibility index (Phi) is 4.93. The van der Waals surface area contributed by atoms with Gasteiger partial charge >= 0.3 is 12.1 Å². The standard InChI is InChI=1S/C18H14F3N3O5/c19-18(20,21)10-5-2-1-4-9(10)8-24-16(27)12(15(26)13(22)17(28)29)14(25)11-6-3-7-23(11)24/h1-7,13,26H,8,22H2,(H,28,29). The summed E-state index contributed by atoms with van der Waals surface area (Å²) >= 11 is 0. The Bertz CT molecular complexity index is 1280. The number of carboxylic acid groups (broad SMARTS) is 1. The number of rotatable bonds is 4. The minimum Gasteiger partial charge on any atom is -0.509 e. The van der Waals surface area contributed by atoms with E-state index in [0.29, 0.717) is 0 Å². The summed E-state index contributed by atoms with van der Waals surface area (Å²) in [5.41, 5.74) is 1.75. The van der Waals surface area contributed by atoms with E-state index in [4.69, 9.17) is 10.8 Å². The largest absolute Gasteiger partial charge is 0.509 e. The molecule has 11 heteroatoms. The summed E-state index contributed by atoms with van der Waals surface area (Å²) in [6, 6.07) is 5.16. The van der Waals surface area contributed by atoms with Gasteiger partial charge in [0.2, 0.25) is 5.43 Å². The zero-order chi connectivity index (χ0) is 21.5. The number of aromatic nitrogens is 2. The number of hydrogen-bond donors (Lipinski definition) is 3. The summed E-state index contributed by atoms with van der Waals surface area (Å²) in [5.74, 6) is -2.86. The van der Waals surface area contributed by atoms with E-state index in [1.165, 1.54) is 36.5 Å². The number of nitrogens with two attached hydrogens (primary N) is 1. The maximum atomic E-state index is 13.3. The van der Waals surface area contributed by atoms with Crippen molar-refractivity contribution in [1.82, 2.24) is 9.20 Å². The highest BCUT2D eigenvalue weighted by atomic mass is 19.4. The van der Waals surface area contributed by atoms with Crippen LogP contribution >= 0.6 is 0 Å². The maximum absolute atomic E-state index is 13.3. The van der Waals surface area contributed by atoms with E-state index in [1.807, 2.05) is 0 Å². The SMILES string of the molecule is NC(C(=O)O)C(O)=c1c(=O)c2cccn2n(Cc2ccccc2C(F)(F)F)c1=O. The fourth-order valence-electron chi connectivity index (χ4n) is 2.96. The van der Waals surface area contributed by atoms with Crippen molar-refractivity contribution in [1.29, 1.82) is 0 Å². The molecule has 29 heavy (non-hydrogen) atoms. The number of carbonyl (C=O) groups is 1. The summed E-state index contributed by atoms with van der Waals surface area (Å²) in [4.78, 5) is 36.5. The molecule has 2 heterocycles. The molecule has 4 N–H and O–H groups in total. The first kappa shape index (κ1) is 20.1. The van der Waals surface area contributed by atoms with E-state index in [9.17, 15) is 32.7 Å². The molecule has 0 bridgehead atoms. The Hall–Kier alpha value is -3.60. The highest BCUT2D eigenvalue weighted by molar-refractivity contribution is 5.83. The monoisotopic (exact) mass is 409 g/mol. The summed E-state index contributed by atoms with van der Waals surface area (Å²) in [5, 5.41) is 18.1. The van der Waals surface area contributed by atoms with E-state index in [1.54, 1.807) is 0 Å². The van der Waals surface area contributed by atoms with Crippen LogP contribution in [0.4, 0.5) is 13.2 Å². The van der Waals surface area contributed by atoms with Crippen LogP contribution in [0.2, 0.25) is 0 Å². The van der Waals surface area contributed by atoms with Crippen molar-refractivity contribution >= 4 is 17.2 Å². The Labute approximate surface area is 159 Å². The molecular weight excluding hydrogens is 395 g/mol. The van der Waals surface area contributed by atoms with Gasteiger partial charge in [-0.05, 0) is 23.8 Å². The van der Waals surface area contributed by atoms with Crippen molar-refractivity contribution in [2.75, 3.05) is 0 Å². The average molecular weight is 409 g/mol. The van der Waals surface area contributed by atoms with Gasteiger partial charge < -0.3 is 15.9 Å². The summed E-state index contributed by atoms with van der Waals surface area (Å²) in [6.45, 7) is -0.595. The number of carboxylic acids is 1. The van der Waals surface area contributed by atoms with Crippen LogP contribution in [-0.4, -0.2) is 31.4 Å². The van der Waals surface area contributed by atoms with Crippen molar-refractivity contribution in [3.63, 3.8) is 0 Å². The minimum atomic E-state index is -4.68. The summed E-state index contributed by atoms with van der Waals surface area (Å²) in [7, 11) is 0. The number of aliphatic hydroxyl groups is 1. The Morgan fingerprint density at radius 2 is 1.76 bits per heavy atom. The van der Waals surface area contributed by atoms with Crippen LogP contribution in [0.1, 0.15) is 11.1 Å². The number of alkyl halides is 3. The van der Waals surface area contributed by atoms with E-state index < -0.39 is 52.3 Å².